The van der Waals surface area contributed by atoms with E-state index in [0.717, 1.165) is 4.47 Å². The van der Waals surface area contributed by atoms with Crippen molar-refractivity contribution in [2.45, 2.75) is 0 Å². The van der Waals surface area contributed by atoms with Gasteiger partial charge in [-0.3, -0.25) is 0 Å². The summed E-state index contributed by atoms with van der Waals surface area (Å²) in [6, 6.07) is 8.68. The van der Waals surface area contributed by atoms with Crippen LogP contribution in [0.15, 0.2) is 41.0 Å². The molecule has 0 aliphatic carbocycles. The quantitative estimate of drug-likeness (QED) is 0.724. The molecule has 0 aliphatic rings. The molecular weight excluding hydrogens is 296 g/mol. The molecule has 0 radical (unpaired) electrons. The number of rotatable bonds is 1. The van der Waals surface area contributed by atoms with Crippen LogP contribution in [-0.4, -0.2) is 19.7 Å². The monoisotopic (exact) mass is 304 g/mol. The van der Waals surface area contributed by atoms with Crippen LogP contribution < -0.4 is 5.73 Å². The van der Waals surface area contributed by atoms with Gasteiger partial charge in [-0.1, -0.05) is 12.1 Å². The zero-order chi connectivity index (χ0) is 12.7. The van der Waals surface area contributed by atoms with E-state index in [2.05, 4.69) is 26.0 Å². The minimum Gasteiger partial charge on any atom is -0.507 e. The first kappa shape index (κ1) is 11.0. The van der Waals surface area contributed by atoms with Crippen LogP contribution in [-0.2, 0) is 0 Å². The molecule has 0 spiro atoms. The van der Waals surface area contributed by atoms with Gasteiger partial charge >= 0.3 is 0 Å². The maximum Gasteiger partial charge on any atom is 0.172 e. The fourth-order valence-corrected chi connectivity index (χ4v) is 2.14. The normalized spacial score (nSPS) is 10.9. The van der Waals surface area contributed by atoms with E-state index in [-0.39, 0.29) is 5.75 Å². The molecule has 3 N–H and O–H groups in total. The third-order valence-electron chi connectivity index (χ3n) is 2.64. The lowest BCUT2D eigenvalue weighted by Crippen LogP contribution is -2.01. The molecule has 0 saturated carbocycles. The largest absolute Gasteiger partial charge is 0.507 e. The minimum atomic E-state index is 0.171. The summed E-state index contributed by atoms with van der Waals surface area (Å²) in [5.74, 6) is 0.633. The average molecular weight is 305 g/mol. The second kappa shape index (κ2) is 3.99. The number of benzene rings is 1. The van der Waals surface area contributed by atoms with Gasteiger partial charge in [0.2, 0.25) is 0 Å². The predicted molar refractivity (Wildman–Crippen MR) is 72.2 cm³/mol. The third kappa shape index (κ3) is 1.62. The summed E-state index contributed by atoms with van der Waals surface area (Å²) in [7, 11) is 0. The summed E-state index contributed by atoms with van der Waals surface area (Å²) in [5, 5.41) is 13.9. The number of nitrogen functional groups attached to an aromatic ring is 1. The van der Waals surface area contributed by atoms with E-state index in [1.165, 1.54) is 4.52 Å². The Bertz CT molecular complexity index is 738. The number of hydrogen-bond acceptors (Lipinski definition) is 4. The van der Waals surface area contributed by atoms with Gasteiger partial charge in [0.1, 0.15) is 11.6 Å². The second-order valence-electron chi connectivity index (χ2n) is 3.81. The Hall–Kier alpha value is -2.08. The lowest BCUT2D eigenvalue weighted by atomic mass is 10.1. The van der Waals surface area contributed by atoms with Crippen molar-refractivity contribution >= 4 is 27.4 Å². The van der Waals surface area contributed by atoms with Gasteiger partial charge in [-0.2, -0.15) is 9.61 Å². The van der Waals surface area contributed by atoms with Crippen LogP contribution in [0.3, 0.4) is 0 Å². The first-order chi connectivity index (χ1) is 8.66. The molecule has 0 bridgehead atoms. The van der Waals surface area contributed by atoms with Gasteiger partial charge < -0.3 is 10.8 Å². The van der Waals surface area contributed by atoms with E-state index >= 15 is 0 Å². The number of nitrogens with two attached hydrogens (primary N) is 1. The van der Waals surface area contributed by atoms with E-state index in [1.54, 1.807) is 30.5 Å². The Balaban J connectivity index is 2.31. The Labute approximate surface area is 111 Å². The highest BCUT2D eigenvalue weighted by molar-refractivity contribution is 9.10. The van der Waals surface area contributed by atoms with Gasteiger partial charge in [-0.15, -0.1) is 0 Å². The van der Waals surface area contributed by atoms with Gasteiger partial charge in [0.15, 0.2) is 5.65 Å². The first-order valence-corrected chi connectivity index (χ1v) is 6.04. The van der Waals surface area contributed by atoms with E-state index in [9.17, 15) is 5.11 Å². The summed E-state index contributed by atoms with van der Waals surface area (Å²) in [6.45, 7) is 0. The Morgan fingerprint density at radius 3 is 2.83 bits per heavy atom. The van der Waals surface area contributed by atoms with E-state index < -0.39 is 0 Å². The molecular formula is C12H9BrN4O. The van der Waals surface area contributed by atoms with Crippen molar-refractivity contribution < 1.29 is 5.11 Å². The number of anilines is 1. The summed E-state index contributed by atoms with van der Waals surface area (Å²) in [6.07, 6.45) is 1.63. The van der Waals surface area contributed by atoms with Crippen molar-refractivity contribution in [3.8, 4) is 17.0 Å². The molecule has 0 unspecified atom stereocenters. The van der Waals surface area contributed by atoms with Gasteiger partial charge in [0.25, 0.3) is 0 Å². The number of phenolic OH excluding ortho intramolecular Hbond substituents is 1. The SMILES string of the molecule is Nc1cc(-c2ccccc2O)nc2c(Br)cnn12. The van der Waals surface area contributed by atoms with Crippen molar-refractivity contribution in [2.24, 2.45) is 0 Å². The maximum atomic E-state index is 9.83. The first-order valence-electron chi connectivity index (χ1n) is 5.25. The van der Waals surface area contributed by atoms with Crippen LogP contribution in [0, 0.1) is 0 Å². The lowest BCUT2D eigenvalue weighted by Gasteiger charge is -2.06. The zero-order valence-electron chi connectivity index (χ0n) is 9.21. The van der Waals surface area contributed by atoms with Crippen LogP contribution in [0.25, 0.3) is 16.9 Å². The molecule has 0 atom stereocenters. The summed E-state index contributed by atoms with van der Waals surface area (Å²) in [5.41, 5.74) is 7.78. The molecule has 90 valence electrons. The Kier molecular flexibility index (Phi) is 2.45. The average Bonchev–Trinajstić information content (AvgIpc) is 2.72. The summed E-state index contributed by atoms with van der Waals surface area (Å²) < 4.78 is 2.29. The predicted octanol–water partition coefficient (Wildman–Crippen LogP) is 2.45. The van der Waals surface area contributed by atoms with E-state index in [1.807, 2.05) is 6.07 Å². The van der Waals surface area contributed by atoms with Crippen molar-refractivity contribution in [1.29, 1.82) is 0 Å². The standard InChI is InChI=1S/C12H9BrN4O/c13-8-6-15-17-11(14)5-9(16-12(8)17)7-3-1-2-4-10(7)18/h1-6,18H,14H2. The van der Waals surface area contributed by atoms with E-state index in [4.69, 9.17) is 5.73 Å². The number of para-hydroxylation sites is 1. The molecule has 0 amide bonds. The lowest BCUT2D eigenvalue weighted by molar-refractivity contribution is 0.477. The van der Waals surface area contributed by atoms with Crippen LogP contribution in [0.1, 0.15) is 0 Å². The Morgan fingerprint density at radius 2 is 2.06 bits per heavy atom. The fraction of sp³-hybridized carbons (Fsp3) is 0. The number of nitrogens with zero attached hydrogens (tertiary/aromatic N) is 3. The highest BCUT2D eigenvalue weighted by atomic mass is 79.9. The smallest absolute Gasteiger partial charge is 0.172 e. The molecule has 3 rings (SSSR count). The molecule has 0 aliphatic heterocycles. The summed E-state index contributed by atoms with van der Waals surface area (Å²) in [4.78, 5) is 4.44. The van der Waals surface area contributed by atoms with Crippen LogP contribution in [0.5, 0.6) is 5.75 Å². The van der Waals surface area contributed by atoms with Crippen LogP contribution in [0.4, 0.5) is 5.82 Å². The molecule has 18 heavy (non-hydrogen) atoms. The number of fused-ring (bicyclic) bond motifs is 1. The number of phenols is 1. The number of aromatic hydroxyl groups is 1. The molecule has 2 aromatic heterocycles. The maximum absolute atomic E-state index is 9.83. The number of aromatic nitrogens is 3. The molecule has 3 aromatic rings. The van der Waals surface area contributed by atoms with Gasteiger partial charge in [0, 0.05) is 11.6 Å². The second-order valence-corrected chi connectivity index (χ2v) is 4.67. The highest BCUT2D eigenvalue weighted by Gasteiger charge is 2.11. The van der Waals surface area contributed by atoms with Gasteiger partial charge in [0.05, 0.1) is 16.4 Å². The minimum absolute atomic E-state index is 0.171. The van der Waals surface area contributed by atoms with Gasteiger partial charge in [-0.05, 0) is 28.1 Å². The van der Waals surface area contributed by atoms with Crippen LogP contribution in [0.2, 0.25) is 0 Å². The van der Waals surface area contributed by atoms with Gasteiger partial charge in [-0.25, -0.2) is 4.98 Å². The van der Waals surface area contributed by atoms with Crippen molar-refractivity contribution in [1.82, 2.24) is 14.6 Å². The van der Waals surface area contributed by atoms with Crippen molar-refractivity contribution in [3.63, 3.8) is 0 Å². The number of hydrogen-bond donors (Lipinski definition) is 2. The molecule has 5 nitrogen and oxygen atoms in total. The highest BCUT2D eigenvalue weighted by Crippen LogP contribution is 2.30. The summed E-state index contributed by atoms with van der Waals surface area (Å²) >= 11 is 3.36. The molecule has 0 fully saturated rings. The Morgan fingerprint density at radius 1 is 1.28 bits per heavy atom. The zero-order valence-corrected chi connectivity index (χ0v) is 10.8. The molecule has 1 aromatic carbocycles. The van der Waals surface area contributed by atoms with Crippen molar-refractivity contribution in [3.05, 3.63) is 41.0 Å². The fourth-order valence-electron chi connectivity index (χ4n) is 1.79. The number of halogens is 1. The van der Waals surface area contributed by atoms with E-state index in [0.29, 0.717) is 22.7 Å². The molecule has 2 heterocycles. The van der Waals surface area contributed by atoms with Crippen LogP contribution >= 0.6 is 15.9 Å². The molecule has 6 heteroatoms. The van der Waals surface area contributed by atoms with Crippen molar-refractivity contribution in [2.75, 3.05) is 5.73 Å². The third-order valence-corrected chi connectivity index (χ3v) is 3.20. The topological polar surface area (TPSA) is 76.4 Å². The molecule has 0 saturated heterocycles.